The Hall–Kier alpha value is -2.01. The van der Waals surface area contributed by atoms with Gasteiger partial charge in [-0.25, -0.2) is 0 Å². The fourth-order valence-corrected chi connectivity index (χ4v) is 1.75. The van der Waals surface area contributed by atoms with Crippen LogP contribution in [0.25, 0.3) is 11.1 Å². The molecular formula is C14H12F3NO. The maximum atomic E-state index is 12.2. The second kappa shape index (κ2) is 5.32. The zero-order chi connectivity index (χ0) is 13.9. The second-order valence-corrected chi connectivity index (χ2v) is 3.98. The second-order valence-electron chi connectivity index (χ2n) is 3.98. The maximum Gasteiger partial charge on any atom is 0.573 e. The minimum absolute atomic E-state index is 0.233. The highest BCUT2D eigenvalue weighted by atomic mass is 19.4. The largest absolute Gasteiger partial charge is 0.573 e. The van der Waals surface area contributed by atoms with Gasteiger partial charge in [-0.3, -0.25) is 0 Å². The lowest BCUT2D eigenvalue weighted by atomic mass is 10.0. The first-order chi connectivity index (χ1) is 8.98. The first-order valence-corrected chi connectivity index (χ1v) is 5.63. The van der Waals surface area contributed by atoms with Gasteiger partial charge in [0.15, 0.2) is 0 Å². The van der Waals surface area contributed by atoms with E-state index in [1.807, 2.05) is 24.3 Å². The Labute approximate surface area is 108 Å². The number of nitrogens with two attached hydrogens (primary N) is 1. The Morgan fingerprint density at radius 1 is 0.947 bits per heavy atom. The summed E-state index contributed by atoms with van der Waals surface area (Å²) in [4.78, 5) is 0. The first-order valence-electron chi connectivity index (χ1n) is 5.63. The van der Waals surface area contributed by atoms with E-state index in [0.29, 0.717) is 12.1 Å². The molecule has 19 heavy (non-hydrogen) atoms. The summed E-state index contributed by atoms with van der Waals surface area (Å²) in [5, 5.41) is 0. The Balaban J connectivity index is 2.32. The highest BCUT2D eigenvalue weighted by molar-refractivity contribution is 5.65. The van der Waals surface area contributed by atoms with E-state index in [-0.39, 0.29) is 5.75 Å². The molecule has 2 aromatic rings. The Kier molecular flexibility index (Phi) is 3.76. The molecule has 0 saturated heterocycles. The predicted molar refractivity (Wildman–Crippen MR) is 66.5 cm³/mol. The molecule has 0 saturated carbocycles. The predicted octanol–water partition coefficient (Wildman–Crippen LogP) is 3.71. The summed E-state index contributed by atoms with van der Waals surface area (Å²) < 4.78 is 40.4. The van der Waals surface area contributed by atoms with Crippen LogP contribution in [0.4, 0.5) is 13.2 Å². The van der Waals surface area contributed by atoms with E-state index in [2.05, 4.69) is 4.74 Å². The topological polar surface area (TPSA) is 35.2 Å². The molecule has 0 unspecified atom stereocenters. The molecule has 0 aliphatic carbocycles. The molecule has 0 atom stereocenters. The number of alkyl halides is 3. The van der Waals surface area contributed by atoms with Crippen molar-refractivity contribution in [3.05, 3.63) is 54.1 Å². The smallest absolute Gasteiger partial charge is 0.406 e. The molecule has 5 heteroatoms. The average Bonchev–Trinajstić information content (AvgIpc) is 2.37. The number of rotatable bonds is 3. The van der Waals surface area contributed by atoms with E-state index in [0.717, 1.165) is 11.1 Å². The van der Waals surface area contributed by atoms with E-state index in [9.17, 15) is 13.2 Å². The van der Waals surface area contributed by atoms with E-state index < -0.39 is 6.36 Å². The third kappa shape index (κ3) is 3.72. The fourth-order valence-electron chi connectivity index (χ4n) is 1.75. The van der Waals surface area contributed by atoms with Crippen molar-refractivity contribution in [2.75, 3.05) is 0 Å². The van der Waals surface area contributed by atoms with Crippen molar-refractivity contribution in [1.29, 1.82) is 0 Å². The van der Waals surface area contributed by atoms with Gasteiger partial charge in [-0.2, -0.15) is 0 Å². The molecule has 2 rings (SSSR count). The molecule has 0 aromatic heterocycles. The van der Waals surface area contributed by atoms with Crippen molar-refractivity contribution >= 4 is 0 Å². The van der Waals surface area contributed by atoms with Crippen molar-refractivity contribution in [3.8, 4) is 16.9 Å². The normalized spacial score (nSPS) is 11.4. The van der Waals surface area contributed by atoms with Crippen LogP contribution in [0.3, 0.4) is 0 Å². The molecule has 0 radical (unpaired) electrons. The molecule has 0 heterocycles. The average molecular weight is 267 g/mol. The number of ether oxygens (including phenoxy) is 1. The molecule has 0 bridgehead atoms. The fraction of sp³-hybridized carbons (Fsp3) is 0.143. The van der Waals surface area contributed by atoms with Crippen LogP contribution in [-0.2, 0) is 6.54 Å². The number of benzene rings is 2. The molecule has 2 aromatic carbocycles. The van der Waals surface area contributed by atoms with Crippen LogP contribution in [0.1, 0.15) is 5.56 Å². The lowest BCUT2D eigenvalue weighted by Crippen LogP contribution is -2.17. The van der Waals surface area contributed by atoms with Crippen LogP contribution < -0.4 is 10.5 Å². The summed E-state index contributed by atoms with van der Waals surface area (Å²) in [5.41, 5.74) is 7.90. The monoisotopic (exact) mass is 267 g/mol. The number of hydrogen-bond donors (Lipinski definition) is 1. The summed E-state index contributed by atoms with van der Waals surface area (Å²) in [6, 6.07) is 13.2. The third-order valence-corrected chi connectivity index (χ3v) is 2.56. The van der Waals surface area contributed by atoms with Gasteiger partial charge < -0.3 is 10.5 Å². The van der Waals surface area contributed by atoms with Gasteiger partial charge in [0.05, 0.1) is 0 Å². The van der Waals surface area contributed by atoms with E-state index in [1.165, 1.54) is 18.2 Å². The van der Waals surface area contributed by atoms with Crippen molar-refractivity contribution < 1.29 is 17.9 Å². The van der Waals surface area contributed by atoms with Gasteiger partial charge in [0, 0.05) is 6.54 Å². The van der Waals surface area contributed by atoms with Crippen LogP contribution in [0, 0.1) is 0 Å². The molecule has 0 spiro atoms. The van der Waals surface area contributed by atoms with Gasteiger partial charge in [-0.15, -0.1) is 13.2 Å². The minimum atomic E-state index is -4.68. The minimum Gasteiger partial charge on any atom is -0.406 e. The van der Waals surface area contributed by atoms with Crippen molar-refractivity contribution in [2.24, 2.45) is 5.73 Å². The highest BCUT2D eigenvalue weighted by Gasteiger charge is 2.31. The van der Waals surface area contributed by atoms with Gasteiger partial charge in [0.2, 0.25) is 0 Å². The van der Waals surface area contributed by atoms with Crippen LogP contribution in [-0.4, -0.2) is 6.36 Å². The standard InChI is InChI=1S/C14H12F3NO/c15-14(16,17)19-13-6-2-5-12(8-13)11-4-1-3-10(7-11)9-18/h1-8H,9,18H2. The Morgan fingerprint density at radius 2 is 1.58 bits per heavy atom. The molecule has 100 valence electrons. The third-order valence-electron chi connectivity index (χ3n) is 2.56. The van der Waals surface area contributed by atoms with Crippen LogP contribution in [0.5, 0.6) is 5.75 Å². The van der Waals surface area contributed by atoms with Gasteiger partial charge in [0.25, 0.3) is 0 Å². The maximum absolute atomic E-state index is 12.2. The van der Waals surface area contributed by atoms with Gasteiger partial charge in [-0.1, -0.05) is 30.3 Å². The molecule has 0 aliphatic heterocycles. The number of halogens is 3. The zero-order valence-electron chi connectivity index (χ0n) is 9.95. The summed E-state index contributed by atoms with van der Waals surface area (Å²) in [6.07, 6.45) is -4.68. The van der Waals surface area contributed by atoms with Crippen LogP contribution in [0.2, 0.25) is 0 Å². The summed E-state index contributed by atoms with van der Waals surface area (Å²) in [5.74, 6) is -0.233. The quantitative estimate of drug-likeness (QED) is 0.920. The van der Waals surface area contributed by atoms with Crippen molar-refractivity contribution in [2.45, 2.75) is 12.9 Å². The van der Waals surface area contributed by atoms with Gasteiger partial charge in [0.1, 0.15) is 5.75 Å². The molecule has 0 fully saturated rings. The molecular weight excluding hydrogens is 255 g/mol. The summed E-state index contributed by atoms with van der Waals surface area (Å²) in [7, 11) is 0. The summed E-state index contributed by atoms with van der Waals surface area (Å²) in [6.45, 7) is 0.382. The first kappa shape index (κ1) is 13.4. The van der Waals surface area contributed by atoms with Crippen LogP contribution in [0.15, 0.2) is 48.5 Å². The van der Waals surface area contributed by atoms with Crippen molar-refractivity contribution in [3.63, 3.8) is 0 Å². The highest BCUT2D eigenvalue weighted by Crippen LogP contribution is 2.28. The van der Waals surface area contributed by atoms with E-state index >= 15 is 0 Å². The Morgan fingerprint density at radius 3 is 2.21 bits per heavy atom. The zero-order valence-corrected chi connectivity index (χ0v) is 9.95. The Bertz CT molecular complexity index is 567. The molecule has 2 nitrogen and oxygen atoms in total. The lowest BCUT2D eigenvalue weighted by molar-refractivity contribution is -0.274. The van der Waals surface area contributed by atoms with Gasteiger partial charge >= 0.3 is 6.36 Å². The molecule has 0 amide bonds. The van der Waals surface area contributed by atoms with E-state index in [4.69, 9.17) is 5.73 Å². The molecule has 0 aliphatic rings. The SMILES string of the molecule is NCc1cccc(-c2cccc(OC(F)(F)F)c2)c1. The molecule has 2 N–H and O–H groups in total. The van der Waals surface area contributed by atoms with Crippen LogP contribution >= 0.6 is 0 Å². The van der Waals surface area contributed by atoms with Crippen molar-refractivity contribution in [1.82, 2.24) is 0 Å². The van der Waals surface area contributed by atoms with Gasteiger partial charge in [-0.05, 0) is 34.9 Å². The number of hydrogen-bond acceptors (Lipinski definition) is 2. The summed E-state index contributed by atoms with van der Waals surface area (Å²) >= 11 is 0. The van der Waals surface area contributed by atoms with E-state index in [1.54, 1.807) is 6.07 Å². The lowest BCUT2D eigenvalue weighted by Gasteiger charge is -2.10.